The van der Waals surface area contributed by atoms with Crippen molar-refractivity contribution in [2.24, 2.45) is 0 Å². The van der Waals surface area contributed by atoms with Gasteiger partial charge >= 0.3 is 0 Å². The van der Waals surface area contributed by atoms with Crippen molar-refractivity contribution in [1.82, 2.24) is 0 Å². The van der Waals surface area contributed by atoms with Crippen molar-refractivity contribution in [2.75, 3.05) is 30.0 Å². The van der Waals surface area contributed by atoms with Crippen molar-refractivity contribution in [3.05, 3.63) is 53.3 Å². The van der Waals surface area contributed by atoms with Gasteiger partial charge in [-0.2, -0.15) is 0 Å². The molecule has 1 aliphatic heterocycles. The fourth-order valence-corrected chi connectivity index (χ4v) is 7.13. The quantitative estimate of drug-likeness (QED) is 0.323. The van der Waals surface area contributed by atoms with E-state index in [0.717, 1.165) is 42.4 Å². The van der Waals surface area contributed by atoms with Crippen LogP contribution in [0.2, 0.25) is 0 Å². The molecule has 1 saturated heterocycles. The minimum Gasteiger partial charge on any atom is -0.344 e. The van der Waals surface area contributed by atoms with E-state index in [0.29, 0.717) is 0 Å². The minimum atomic E-state index is -0.221. The van der Waals surface area contributed by atoms with Gasteiger partial charge < -0.3 is 14.5 Å². The maximum Gasteiger partial charge on any atom is 0.210 e. The Morgan fingerprint density at radius 3 is 1.19 bits per heavy atom. The van der Waals surface area contributed by atoms with E-state index in [1.165, 1.54) is 11.1 Å². The molecule has 0 bridgehead atoms. The Morgan fingerprint density at radius 1 is 0.677 bits per heavy atom. The van der Waals surface area contributed by atoms with E-state index in [1.807, 2.05) is 0 Å². The first-order chi connectivity index (χ1) is 14.3. The summed E-state index contributed by atoms with van der Waals surface area (Å²) in [5.41, 5.74) is 4.94. The summed E-state index contributed by atoms with van der Waals surface area (Å²) in [5.74, 6) is 0. The van der Waals surface area contributed by atoms with Crippen LogP contribution in [0.3, 0.4) is 0 Å². The van der Waals surface area contributed by atoms with Crippen molar-refractivity contribution in [1.29, 1.82) is 0 Å². The Morgan fingerprint density at radius 2 is 0.968 bits per heavy atom. The lowest BCUT2D eigenvalue weighted by Crippen LogP contribution is -2.41. The third-order valence-electron chi connectivity index (χ3n) is 5.67. The second kappa shape index (κ2) is 9.28. The van der Waals surface area contributed by atoms with E-state index in [1.54, 1.807) is 7.11 Å². The number of ether oxygens (including phenoxy) is 1. The van der Waals surface area contributed by atoms with Crippen molar-refractivity contribution in [2.45, 2.75) is 58.7 Å². The molecule has 7 heteroatoms. The summed E-state index contributed by atoms with van der Waals surface area (Å²) in [6.07, 6.45) is -0.221. The SMILES string of the molecule is COC1N(c2c(Br)cc(C(C)(C)C)cc2Br)CCN1c1c(Br)cc(C(C)(C)C)cc1Br. The van der Waals surface area contributed by atoms with Crippen LogP contribution in [0.25, 0.3) is 0 Å². The van der Waals surface area contributed by atoms with Crippen molar-refractivity contribution >= 4 is 75.1 Å². The van der Waals surface area contributed by atoms with E-state index in [2.05, 4.69) is 139 Å². The Labute approximate surface area is 220 Å². The highest BCUT2D eigenvalue weighted by Gasteiger charge is 2.37. The molecule has 0 saturated carbocycles. The number of anilines is 2. The maximum atomic E-state index is 6.03. The first-order valence-corrected chi connectivity index (χ1v) is 13.5. The molecule has 0 N–H and O–H groups in total. The third kappa shape index (κ3) is 5.21. The fraction of sp³-hybridized carbons (Fsp3) is 0.500. The van der Waals surface area contributed by atoms with E-state index in [9.17, 15) is 0 Å². The first-order valence-electron chi connectivity index (χ1n) is 10.3. The van der Waals surface area contributed by atoms with E-state index < -0.39 is 0 Å². The van der Waals surface area contributed by atoms with Crippen LogP contribution >= 0.6 is 63.7 Å². The molecule has 3 rings (SSSR count). The number of rotatable bonds is 3. The molecule has 2 aromatic carbocycles. The molecular weight excluding hydrogens is 652 g/mol. The van der Waals surface area contributed by atoms with Gasteiger partial charge in [0.25, 0.3) is 0 Å². The number of halogens is 4. The third-order valence-corrected chi connectivity index (χ3v) is 8.08. The average Bonchev–Trinajstić information content (AvgIpc) is 3.02. The van der Waals surface area contributed by atoms with Gasteiger partial charge in [-0.3, -0.25) is 0 Å². The van der Waals surface area contributed by atoms with Gasteiger partial charge in [-0.05, 0) is 110 Å². The van der Waals surface area contributed by atoms with Gasteiger partial charge in [-0.1, -0.05) is 41.5 Å². The zero-order valence-corrected chi connectivity index (χ0v) is 25.5. The van der Waals surface area contributed by atoms with E-state index >= 15 is 0 Å². The van der Waals surface area contributed by atoms with Crippen LogP contribution < -0.4 is 9.80 Å². The highest BCUT2D eigenvalue weighted by atomic mass is 79.9. The van der Waals surface area contributed by atoms with Gasteiger partial charge in [0.05, 0.1) is 11.4 Å². The summed E-state index contributed by atoms with van der Waals surface area (Å²) in [4.78, 5) is 4.61. The Balaban J connectivity index is 2.02. The van der Waals surface area contributed by atoms with Crippen LogP contribution in [-0.2, 0) is 15.6 Å². The molecule has 0 aromatic heterocycles. The van der Waals surface area contributed by atoms with Crippen LogP contribution in [0.4, 0.5) is 11.4 Å². The molecule has 0 atom stereocenters. The van der Waals surface area contributed by atoms with Crippen LogP contribution in [0.1, 0.15) is 52.7 Å². The largest absolute Gasteiger partial charge is 0.344 e. The lowest BCUT2D eigenvalue weighted by atomic mass is 9.87. The average molecular weight is 682 g/mol. The van der Waals surface area contributed by atoms with Crippen molar-refractivity contribution in [3.8, 4) is 0 Å². The Kier molecular flexibility index (Phi) is 7.65. The lowest BCUT2D eigenvalue weighted by Gasteiger charge is -2.34. The number of benzene rings is 2. The van der Waals surface area contributed by atoms with Gasteiger partial charge in [0, 0.05) is 38.1 Å². The van der Waals surface area contributed by atoms with Gasteiger partial charge in [0.15, 0.2) is 0 Å². The number of methoxy groups -OCH3 is 1. The van der Waals surface area contributed by atoms with Crippen LogP contribution in [0.15, 0.2) is 42.2 Å². The fourth-order valence-electron chi connectivity index (χ4n) is 3.85. The van der Waals surface area contributed by atoms with Gasteiger partial charge in [-0.15, -0.1) is 0 Å². The molecule has 1 fully saturated rings. The van der Waals surface area contributed by atoms with Crippen LogP contribution in [0.5, 0.6) is 0 Å². The summed E-state index contributed by atoms with van der Waals surface area (Å²) in [6.45, 7) is 15.1. The number of nitrogens with zero attached hydrogens (tertiary/aromatic N) is 2. The summed E-state index contributed by atoms with van der Waals surface area (Å²) in [5, 5.41) is 0. The number of hydrogen-bond donors (Lipinski definition) is 0. The molecule has 0 unspecified atom stereocenters. The molecule has 31 heavy (non-hydrogen) atoms. The zero-order chi connectivity index (χ0) is 23.3. The minimum absolute atomic E-state index is 0.0752. The normalized spacial score (nSPS) is 15.8. The molecule has 2 aromatic rings. The second-order valence-electron chi connectivity index (χ2n) is 10.0. The summed E-state index contributed by atoms with van der Waals surface area (Å²) >= 11 is 15.3. The van der Waals surface area contributed by atoms with Gasteiger partial charge in [0.1, 0.15) is 0 Å². The molecule has 1 heterocycles. The molecule has 170 valence electrons. The maximum absolute atomic E-state index is 6.03. The van der Waals surface area contributed by atoms with Gasteiger partial charge in [0.2, 0.25) is 6.35 Å². The Bertz CT molecular complexity index is 855. The molecule has 0 spiro atoms. The lowest BCUT2D eigenvalue weighted by molar-refractivity contribution is 0.113. The topological polar surface area (TPSA) is 15.7 Å². The second-order valence-corrected chi connectivity index (χ2v) is 13.4. The predicted molar refractivity (Wildman–Crippen MR) is 147 cm³/mol. The van der Waals surface area contributed by atoms with E-state index in [-0.39, 0.29) is 17.2 Å². The standard InChI is InChI=1S/C24H30Br4N2O/c1-23(2,3)14-10-16(25)20(17(26)11-14)29-8-9-30(22(29)31-7)21-18(27)12-15(13-19(21)28)24(4,5)6/h10-13,22H,8-9H2,1-7H3. The summed E-state index contributed by atoms with van der Waals surface area (Å²) < 4.78 is 10.3. The summed E-state index contributed by atoms with van der Waals surface area (Å²) in [6, 6.07) is 8.89. The molecule has 0 radical (unpaired) electrons. The highest BCUT2D eigenvalue weighted by molar-refractivity contribution is 9.11. The van der Waals surface area contributed by atoms with Crippen molar-refractivity contribution in [3.63, 3.8) is 0 Å². The molecule has 3 nitrogen and oxygen atoms in total. The monoisotopic (exact) mass is 678 g/mol. The number of hydrogen-bond acceptors (Lipinski definition) is 3. The molecular formula is C24H30Br4N2O. The Hall–Kier alpha value is -0.0800. The predicted octanol–water partition coefficient (Wildman–Crippen LogP) is 8.59. The molecule has 0 aliphatic carbocycles. The van der Waals surface area contributed by atoms with Crippen molar-refractivity contribution < 1.29 is 4.74 Å². The molecule has 0 amide bonds. The summed E-state index contributed by atoms with van der Waals surface area (Å²) in [7, 11) is 1.77. The first kappa shape index (κ1) is 25.5. The van der Waals surface area contributed by atoms with Gasteiger partial charge in [-0.25, -0.2) is 0 Å². The van der Waals surface area contributed by atoms with Crippen LogP contribution in [0, 0.1) is 0 Å². The van der Waals surface area contributed by atoms with E-state index in [4.69, 9.17) is 4.74 Å². The highest BCUT2D eigenvalue weighted by Crippen LogP contribution is 2.45. The smallest absolute Gasteiger partial charge is 0.210 e. The van der Waals surface area contributed by atoms with Crippen LogP contribution in [-0.4, -0.2) is 26.6 Å². The zero-order valence-electron chi connectivity index (χ0n) is 19.1. The molecule has 1 aliphatic rings.